The number of benzene rings is 3. The summed E-state index contributed by atoms with van der Waals surface area (Å²) >= 11 is 11.9. The molecule has 0 atom stereocenters. The highest BCUT2D eigenvalue weighted by molar-refractivity contribution is 6.35. The zero-order valence-corrected chi connectivity index (χ0v) is 17.0. The fraction of sp³-hybridized carbons (Fsp3) is 0. The first kappa shape index (κ1) is 19.6. The van der Waals surface area contributed by atoms with E-state index in [9.17, 15) is 4.79 Å². The first-order valence-corrected chi connectivity index (χ1v) is 9.62. The van der Waals surface area contributed by atoms with Crippen molar-refractivity contribution >= 4 is 57.3 Å². The molecule has 1 aromatic heterocycles. The number of rotatable bonds is 2. The number of aromatic amines is 1. The second-order valence-corrected chi connectivity index (χ2v) is 7.28. The van der Waals surface area contributed by atoms with E-state index in [0.29, 0.717) is 27.2 Å². The molecule has 1 heterocycles. The molecule has 8 heteroatoms. The molecule has 4 aromatic rings. The van der Waals surface area contributed by atoms with Crippen molar-refractivity contribution in [3.8, 4) is 11.8 Å². The van der Waals surface area contributed by atoms with Crippen LogP contribution in [0.15, 0.2) is 60.7 Å². The maximum absolute atomic E-state index is 12.3. The predicted octanol–water partition coefficient (Wildman–Crippen LogP) is 5.50. The summed E-state index contributed by atoms with van der Waals surface area (Å²) in [6, 6.07) is 17.2. The SMILES string of the molecule is Nc1n[nH]c2cccc(C#Cc3cccc(NC(=O)Nc4cc(Cl)cc(Cl)c4)c3)c12. The minimum atomic E-state index is -0.422. The molecule has 4 rings (SSSR count). The van der Waals surface area contributed by atoms with E-state index in [-0.39, 0.29) is 0 Å². The lowest BCUT2D eigenvalue weighted by Crippen LogP contribution is -2.19. The molecule has 0 fully saturated rings. The molecule has 0 bridgehead atoms. The fourth-order valence-electron chi connectivity index (χ4n) is 2.94. The number of nitrogens with zero attached hydrogens (tertiary/aromatic N) is 1. The lowest BCUT2D eigenvalue weighted by Gasteiger charge is -2.08. The Labute approximate surface area is 182 Å². The number of urea groups is 1. The molecule has 148 valence electrons. The molecule has 0 saturated heterocycles. The highest BCUT2D eigenvalue weighted by Gasteiger charge is 2.07. The molecular weight excluding hydrogens is 421 g/mol. The van der Waals surface area contributed by atoms with E-state index < -0.39 is 6.03 Å². The standard InChI is InChI=1S/C22H15Cl2N5O/c23-15-10-16(24)12-18(11-15)27-22(30)26-17-5-1-3-13(9-17)7-8-14-4-2-6-19-20(14)21(25)29-28-19/h1-6,9-12H,(H3,25,28,29)(H2,26,27,30). The molecule has 3 aromatic carbocycles. The third-order valence-corrected chi connectivity index (χ3v) is 4.64. The summed E-state index contributed by atoms with van der Waals surface area (Å²) in [5, 5.41) is 14.0. The van der Waals surface area contributed by atoms with E-state index in [1.54, 1.807) is 30.3 Å². The van der Waals surface area contributed by atoms with Crippen LogP contribution < -0.4 is 16.4 Å². The van der Waals surface area contributed by atoms with Crippen molar-refractivity contribution < 1.29 is 4.79 Å². The fourth-order valence-corrected chi connectivity index (χ4v) is 3.46. The summed E-state index contributed by atoms with van der Waals surface area (Å²) in [6.45, 7) is 0. The number of hydrogen-bond donors (Lipinski definition) is 4. The van der Waals surface area contributed by atoms with E-state index in [0.717, 1.165) is 22.0 Å². The number of carbonyl (C=O) groups excluding carboxylic acids is 1. The molecule has 6 nitrogen and oxygen atoms in total. The molecule has 0 aliphatic rings. The minimum Gasteiger partial charge on any atom is -0.382 e. The molecule has 5 N–H and O–H groups in total. The van der Waals surface area contributed by atoms with E-state index in [2.05, 4.69) is 32.7 Å². The van der Waals surface area contributed by atoms with Crippen molar-refractivity contribution in [1.82, 2.24) is 10.2 Å². The number of fused-ring (bicyclic) bond motifs is 1. The van der Waals surface area contributed by atoms with Gasteiger partial charge in [-0.15, -0.1) is 0 Å². The van der Waals surface area contributed by atoms with Gasteiger partial charge in [0, 0.05) is 32.5 Å². The summed E-state index contributed by atoms with van der Waals surface area (Å²) in [5.74, 6) is 6.62. The number of aromatic nitrogens is 2. The van der Waals surface area contributed by atoms with Crippen LogP contribution in [0.1, 0.15) is 11.1 Å². The van der Waals surface area contributed by atoms with Crippen molar-refractivity contribution in [3.05, 3.63) is 81.8 Å². The van der Waals surface area contributed by atoms with Gasteiger partial charge in [0.05, 0.1) is 10.9 Å². The van der Waals surface area contributed by atoms with Gasteiger partial charge in [-0.1, -0.05) is 47.2 Å². The maximum atomic E-state index is 12.3. The van der Waals surface area contributed by atoms with Gasteiger partial charge in [0.15, 0.2) is 5.82 Å². The van der Waals surface area contributed by atoms with Gasteiger partial charge in [0.25, 0.3) is 0 Å². The zero-order valence-electron chi connectivity index (χ0n) is 15.5. The molecule has 0 saturated carbocycles. The van der Waals surface area contributed by atoms with Gasteiger partial charge in [-0.3, -0.25) is 5.10 Å². The Hall–Kier alpha value is -3.66. The number of amides is 2. The molecule has 0 aliphatic carbocycles. The van der Waals surface area contributed by atoms with Crippen LogP contribution in [0.25, 0.3) is 10.9 Å². The van der Waals surface area contributed by atoms with Gasteiger partial charge in [0.1, 0.15) is 0 Å². The van der Waals surface area contributed by atoms with E-state index in [1.807, 2.05) is 30.3 Å². The van der Waals surface area contributed by atoms with Crippen LogP contribution in [-0.2, 0) is 0 Å². The first-order chi connectivity index (χ1) is 14.5. The van der Waals surface area contributed by atoms with Crippen LogP contribution in [0.3, 0.4) is 0 Å². The average molecular weight is 436 g/mol. The number of nitrogens with one attached hydrogen (secondary N) is 3. The van der Waals surface area contributed by atoms with Gasteiger partial charge >= 0.3 is 6.03 Å². The van der Waals surface area contributed by atoms with Crippen LogP contribution in [0, 0.1) is 11.8 Å². The van der Waals surface area contributed by atoms with Gasteiger partial charge in [-0.25, -0.2) is 4.79 Å². The first-order valence-electron chi connectivity index (χ1n) is 8.87. The summed E-state index contributed by atoms with van der Waals surface area (Å²) in [4.78, 5) is 12.3. The largest absolute Gasteiger partial charge is 0.382 e. The zero-order chi connectivity index (χ0) is 21.1. The van der Waals surface area contributed by atoms with E-state index >= 15 is 0 Å². The van der Waals surface area contributed by atoms with Gasteiger partial charge in [-0.2, -0.15) is 5.10 Å². The molecule has 30 heavy (non-hydrogen) atoms. The Morgan fingerprint density at radius 1 is 0.933 bits per heavy atom. The van der Waals surface area contributed by atoms with Crippen LogP contribution in [0.5, 0.6) is 0 Å². The van der Waals surface area contributed by atoms with Crippen LogP contribution >= 0.6 is 23.2 Å². The Morgan fingerprint density at radius 3 is 2.47 bits per heavy atom. The number of hydrogen-bond acceptors (Lipinski definition) is 3. The second kappa shape index (κ2) is 8.37. The summed E-state index contributed by atoms with van der Waals surface area (Å²) in [6.07, 6.45) is 0. The quantitative estimate of drug-likeness (QED) is 0.313. The van der Waals surface area contributed by atoms with Crippen molar-refractivity contribution in [3.63, 3.8) is 0 Å². The highest BCUT2D eigenvalue weighted by Crippen LogP contribution is 2.23. The minimum absolute atomic E-state index is 0.406. The van der Waals surface area contributed by atoms with Crippen molar-refractivity contribution in [2.45, 2.75) is 0 Å². The average Bonchev–Trinajstić information content (AvgIpc) is 3.07. The van der Waals surface area contributed by atoms with E-state index in [4.69, 9.17) is 28.9 Å². The van der Waals surface area contributed by atoms with Crippen molar-refractivity contribution in [2.24, 2.45) is 0 Å². The Kier molecular flexibility index (Phi) is 5.48. The third-order valence-electron chi connectivity index (χ3n) is 4.20. The Balaban J connectivity index is 1.51. The molecule has 0 spiro atoms. The summed E-state index contributed by atoms with van der Waals surface area (Å²) in [5.41, 5.74) is 9.34. The number of H-pyrrole nitrogens is 1. The number of halogens is 2. The van der Waals surface area contributed by atoms with Crippen LogP contribution in [-0.4, -0.2) is 16.2 Å². The van der Waals surface area contributed by atoms with Gasteiger partial charge in [-0.05, 0) is 48.5 Å². The topological polar surface area (TPSA) is 95.8 Å². The van der Waals surface area contributed by atoms with E-state index in [1.165, 1.54) is 0 Å². The molecule has 0 aliphatic heterocycles. The Bertz CT molecular complexity index is 1300. The third kappa shape index (κ3) is 4.49. The molecule has 0 radical (unpaired) electrons. The summed E-state index contributed by atoms with van der Waals surface area (Å²) in [7, 11) is 0. The monoisotopic (exact) mass is 435 g/mol. The van der Waals surface area contributed by atoms with Crippen molar-refractivity contribution in [2.75, 3.05) is 16.4 Å². The van der Waals surface area contributed by atoms with Gasteiger partial charge < -0.3 is 16.4 Å². The lowest BCUT2D eigenvalue weighted by molar-refractivity contribution is 0.262. The summed E-state index contributed by atoms with van der Waals surface area (Å²) < 4.78 is 0. The Morgan fingerprint density at radius 2 is 1.67 bits per heavy atom. The van der Waals surface area contributed by atoms with Gasteiger partial charge in [0.2, 0.25) is 0 Å². The smallest absolute Gasteiger partial charge is 0.323 e. The predicted molar refractivity (Wildman–Crippen MR) is 122 cm³/mol. The van der Waals surface area contributed by atoms with Crippen LogP contribution in [0.4, 0.5) is 22.0 Å². The number of nitrogen functional groups attached to an aromatic ring is 1. The second-order valence-electron chi connectivity index (χ2n) is 6.41. The normalized spacial score (nSPS) is 10.3. The highest BCUT2D eigenvalue weighted by atomic mass is 35.5. The molecular formula is C22H15Cl2N5O. The number of carbonyl (C=O) groups is 1. The van der Waals surface area contributed by atoms with Crippen LogP contribution in [0.2, 0.25) is 10.0 Å². The lowest BCUT2D eigenvalue weighted by atomic mass is 10.1. The number of anilines is 3. The van der Waals surface area contributed by atoms with Crippen molar-refractivity contribution in [1.29, 1.82) is 0 Å². The maximum Gasteiger partial charge on any atom is 0.323 e. The number of nitrogens with two attached hydrogens (primary N) is 1. The molecule has 2 amide bonds. The molecule has 0 unspecified atom stereocenters.